The Kier molecular flexibility index (Phi) is 3.80. The van der Waals surface area contributed by atoms with Crippen molar-refractivity contribution in [1.29, 1.82) is 0 Å². The first-order chi connectivity index (χ1) is 7.04. The minimum Gasteiger partial charge on any atom is -0.348 e. The number of hydrogen-bond acceptors (Lipinski definition) is 2. The molecule has 0 saturated carbocycles. The van der Waals surface area contributed by atoms with Gasteiger partial charge in [-0.15, -0.1) is 0 Å². The number of rotatable bonds is 3. The van der Waals surface area contributed by atoms with Crippen LogP contribution in [0.15, 0.2) is 18.2 Å². The summed E-state index contributed by atoms with van der Waals surface area (Å²) in [6, 6.07) is 4.68. The molecule has 1 atom stereocenters. The molecule has 0 heterocycles. The summed E-state index contributed by atoms with van der Waals surface area (Å²) in [6.45, 7) is 3.43. The van der Waals surface area contributed by atoms with Crippen molar-refractivity contribution in [2.75, 3.05) is 6.54 Å². The summed E-state index contributed by atoms with van der Waals surface area (Å²) in [5, 5.41) is 2.66. The quantitative estimate of drug-likeness (QED) is 0.789. The Morgan fingerprint density at radius 2 is 2.27 bits per heavy atom. The predicted octanol–water partition coefficient (Wildman–Crippen LogP) is 1.27. The molecule has 15 heavy (non-hydrogen) atoms. The largest absolute Gasteiger partial charge is 0.348 e. The molecule has 3 nitrogen and oxygen atoms in total. The van der Waals surface area contributed by atoms with Crippen LogP contribution in [0.4, 0.5) is 4.39 Å². The highest BCUT2D eigenvalue weighted by molar-refractivity contribution is 5.78. The highest BCUT2D eigenvalue weighted by Gasteiger charge is 2.09. The molecule has 3 N–H and O–H groups in total. The molecule has 0 aliphatic carbocycles. The van der Waals surface area contributed by atoms with Gasteiger partial charge >= 0.3 is 0 Å². The predicted molar refractivity (Wildman–Crippen MR) is 56.7 cm³/mol. The maximum absolute atomic E-state index is 13.2. The first-order valence-electron chi connectivity index (χ1n) is 4.80. The molecule has 0 aliphatic heterocycles. The average molecular weight is 210 g/mol. The summed E-state index contributed by atoms with van der Waals surface area (Å²) in [5.41, 5.74) is 6.50. The van der Waals surface area contributed by atoms with Crippen LogP contribution in [-0.4, -0.2) is 12.5 Å². The number of halogens is 1. The van der Waals surface area contributed by atoms with Gasteiger partial charge in [-0.1, -0.05) is 12.1 Å². The van der Waals surface area contributed by atoms with Crippen LogP contribution in [0.3, 0.4) is 0 Å². The SMILES string of the molecule is Cc1ccc(C(C)NC(=O)CN)cc1F. The molecule has 0 saturated heterocycles. The number of amides is 1. The summed E-state index contributed by atoms with van der Waals surface area (Å²) in [4.78, 5) is 11.0. The fraction of sp³-hybridized carbons (Fsp3) is 0.364. The van der Waals surface area contributed by atoms with E-state index in [1.54, 1.807) is 26.0 Å². The Morgan fingerprint density at radius 3 is 2.80 bits per heavy atom. The zero-order valence-electron chi connectivity index (χ0n) is 8.88. The fourth-order valence-corrected chi connectivity index (χ4v) is 1.26. The standard InChI is InChI=1S/C11H15FN2O/c1-7-3-4-9(5-10(7)12)8(2)14-11(15)6-13/h3-5,8H,6,13H2,1-2H3,(H,14,15). The first-order valence-corrected chi connectivity index (χ1v) is 4.80. The van der Waals surface area contributed by atoms with E-state index in [0.717, 1.165) is 5.56 Å². The maximum Gasteiger partial charge on any atom is 0.234 e. The van der Waals surface area contributed by atoms with Crippen LogP contribution >= 0.6 is 0 Å². The van der Waals surface area contributed by atoms with Crippen molar-refractivity contribution >= 4 is 5.91 Å². The van der Waals surface area contributed by atoms with Gasteiger partial charge in [0.2, 0.25) is 5.91 Å². The first kappa shape index (κ1) is 11.7. The van der Waals surface area contributed by atoms with Crippen LogP contribution in [0.25, 0.3) is 0 Å². The second-order valence-corrected chi connectivity index (χ2v) is 3.50. The number of benzene rings is 1. The summed E-state index contributed by atoms with van der Waals surface area (Å²) in [6.07, 6.45) is 0. The summed E-state index contributed by atoms with van der Waals surface area (Å²) in [7, 11) is 0. The van der Waals surface area contributed by atoms with Crippen molar-refractivity contribution in [3.8, 4) is 0 Å². The molecule has 0 bridgehead atoms. The van der Waals surface area contributed by atoms with E-state index in [0.29, 0.717) is 5.56 Å². The van der Waals surface area contributed by atoms with Gasteiger partial charge in [0.1, 0.15) is 5.82 Å². The third-order valence-corrected chi connectivity index (χ3v) is 2.26. The third-order valence-electron chi connectivity index (χ3n) is 2.26. The van der Waals surface area contributed by atoms with E-state index in [1.807, 2.05) is 0 Å². The van der Waals surface area contributed by atoms with E-state index in [9.17, 15) is 9.18 Å². The number of carbonyl (C=O) groups is 1. The van der Waals surface area contributed by atoms with Crippen LogP contribution < -0.4 is 11.1 Å². The zero-order valence-corrected chi connectivity index (χ0v) is 8.88. The van der Waals surface area contributed by atoms with E-state index < -0.39 is 0 Å². The number of carbonyl (C=O) groups excluding carboxylic acids is 1. The summed E-state index contributed by atoms with van der Waals surface area (Å²) >= 11 is 0. The van der Waals surface area contributed by atoms with Crippen LogP contribution in [0.5, 0.6) is 0 Å². The molecule has 82 valence electrons. The van der Waals surface area contributed by atoms with Gasteiger partial charge in [-0.25, -0.2) is 4.39 Å². The van der Waals surface area contributed by atoms with Crippen LogP contribution in [0, 0.1) is 12.7 Å². The maximum atomic E-state index is 13.2. The lowest BCUT2D eigenvalue weighted by molar-refractivity contribution is -0.120. The van der Waals surface area contributed by atoms with Gasteiger partial charge in [0.15, 0.2) is 0 Å². The average Bonchev–Trinajstić information content (AvgIpc) is 2.21. The van der Waals surface area contributed by atoms with E-state index in [-0.39, 0.29) is 24.3 Å². The van der Waals surface area contributed by atoms with Crippen molar-refractivity contribution < 1.29 is 9.18 Å². The van der Waals surface area contributed by atoms with Crippen LogP contribution in [0.1, 0.15) is 24.1 Å². The molecule has 0 aliphatic rings. The zero-order chi connectivity index (χ0) is 11.4. The Hall–Kier alpha value is -1.42. The second kappa shape index (κ2) is 4.89. The van der Waals surface area contributed by atoms with Gasteiger partial charge in [0.05, 0.1) is 12.6 Å². The van der Waals surface area contributed by atoms with Gasteiger partial charge in [0, 0.05) is 0 Å². The molecule has 0 fully saturated rings. The lowest BCUT2D eigenvalue weighted by Gasteiger charge is -2.14. The minimum absolute atomic E-state index is 0.0569. The Morgan fingerprint density at radius 1 is 1.60 bits per heavy atom. The van der Waals surface area contributed by atoms with Crippen molar-refractivity contribution in [1.82, 2.24) is 5.32 Å². The smallest absolute Gasteiger partial charge is 0.234 e. The Balaban J connectivity index is 2.78. The molecule has 4 heteroatoms. The minimum atomic E-state index is -0.263. The van der Waals surface area contributed by atoms with Gasteiger partial charge in [-0.05, 0) is 31.0 Å². The number of aryl methyl sites for hydroxylation is 1. The lowest BCUT2D eigenvalue weighted by atomic mass is 10.1. The van der Waals surface area contributed by atoms with Crippen molar-refractivity contribution in [3.05, 3.63) is 35.1 Å². The molecule has 0 aromatic heterocycles. The molecular formula is C11H15FN2O. The lowest BCUT2D eigenvalue weighted by Crippen LogP contribution is -2.32. The third kappa shape index (κ3) is 3.02. The van der Waals surface area contributed by atoms with E-state index >= 15 is 0 Å². The second-order valence-electron chi connectivity index (χ2n) is 3.50. The number of hydrogen-bond donors (Lipinski definition) is 2. The van der Waals surface area contributed by atoms with E-state index in [4.69, 9.17) is 5.73 Å². The van der Waals surface area contributed by atoms with Crippen LogP contribution in [-0.2, 0) is 4.79 Å². The number of nitrogens with one attached hydrogen (secondary N) is 1. The molecule has 1 unspecified atom stereocenters. The Bertz CT molecular complexity index is 366. The fourth-order valence-electron chi connectivity index (χ4n) is 1.26. The van der Waals surface area contributed by atoms with Crippen molar-refractivity contribution in [2.24, 2.45) is 5.73 Å². The highest BCUT2D eigenvalue weighted by atomic mass is 19.1. The van der Waals surface area contributed by atoms with E-state index in [1.165, 1.54) is 6.07 Å². The molecule has 1 rings (SSSR count). The molecule has 0 spiro atoms. The van der Waals surface area contributed by atoms with Crippen molar-refractivity contribution in [2.45, 2.75) is 19.9 Å². The topological polar surface area (TPSA) is 55.1 Å². The van der Waals surface area contributed by atoms with Gasteiger partial charge < -0.3 is 11.1 Å². The van der Waals surface area contributed by atoms with E-state index in [2.05, 4.69) is 5.32 Å². The number of nitrogens with two attached hydrogens (primary N) is 1. The highest BCUT2D eigenvalue weighted by Crippen LogP contribution is 2.15. The normalized spacial score (nSPS) is 12.3. The monoisotopic (exact) mass is 210 g/mol. The Labute approximate surface area is 88.5 Å². The van der Waals surface area contributed by atoms with Crippen molar-refractivity contribution in [3.63, 3.8) is 0 Å². The molecule has 0 radical (unpaired) electrons. The molecule has 1 aromatic rings. The summed E-state index contributed by atoms with van der Waals surface area (Å²) < 4.78 is 13.2. The van der Waals surface area contributed by atoms with Gasteiger partial charge in [-0.2, -0.15) is 0 Å². The molecular weight excluding hydrogens is 195 g/mol. The molecule has 1 amide bonds. The molecule has 1 aromatic carbocycles. The van der Waals surface area contributed by atoms with Crippen LogP contribution in [0.2, 0.25) is 0 Å². The van der Waals surface area contributed by atoms with Gasteiger partial charge in [0.25, 0.3) is 0 Å². The van der Waals surface area contributed by atoms with Gasteiger partial charge in [-0.3, -0.25) is 4.79 Å². The summed E-state index contributed by atoms with van der Waals surface area (Å²) in [5.74, 6) is -0.509.